The van der Waals surface area contributed by atoms with Gasteiger partial charge in [0.05, 0.1) is 0 Å². The number of likely N-dealkylation sites (N-methyl/N-ethyl adjacent to an activating group) is 1. The van der Waals surface area contributed by atoms with Crippen LogP contribution in [-0.4, -0.2) is 13.1 Å². The molecule has 3 aliphatic carbocycles. The van der Waals surface area contributed by atoms with E-state index in [1.54, 1.807) is 12.1 Å². The quantitative estimate of drug-likeness (QED) is 0.888. The molecule has 1 nitrogen and oxygen atoms in total. The van der Waals surface area contributed by atoms with Gasteiger partial charge in [-0.1, -0.05) is 11.6 Å². The number of benzene rings is 1. The summed E-state index contributed by atoms with van der Waals surface area (Å²) in [5.41, 5.74) is 0.758. The van der Waals surface area contributed by atoms with E-state index in [1.807, 2.05) is 7.05 Å². The lowest BCUT2D eigenvalue weighted by molar-refractivity contribution is 0.374. The molecule has 3 heteroatoms. The zero-order valence-corrected chi connectivity index (χ0v) is 12.5. The summed E-state index contributed by atoms with van der Waals surface area (Å²) in [4.78, 5) is 0. The first-order valence-corrected chi connectivity index (χ1v) is 8.18. The molecule has 1 aromatic rings. The monoisotopic (exact) mass is 293 g/mol. The number of hydrogen-bond acceptors (Lipinski definition) is 1. The number of halogens is 2. The van der Waals surface area contributed by atoms with Crippen LogP contribution in [0.3, 0.4) is 0 Å². The van der Waals surface area contributed by atoms with Gasteiger partial charge in [0.1, 0.15) is 5.82 Å². The van der Waals surface area contributed by atoms with Crippen LogP contribution < -0.4 is 5.32 Å². The summed E-state index contributed by atoms with van der Waals surface area (Å²) in [5.74, 6) is 4.43. The normalized spacial score (nSPS) is 38.9. The van der Waals surface area contributed by atoms with E-state index in [0.717, 1.165) is 41.6 Å². The van der Waals surface area contributed by atoms with Crippen LogP contribution in [0.15, 0.2) is 18.2 Å². The molecule has 0 heterocycles. The average Bonchev–Trinajstić information content (AvgIpc) is 2.87. The first-order valence-electron chi connectivity index (χ1n) is 7.80. The number of hydrogen-bond donors (Lipinski definition) is 1. The van der Waals surface area contributed by atoms with Crippen LogP contribution in [0.1, 0.15) is 24.8 Å². The lowest BCUT2D eigenvalue weighted by atomic mass is 9.93. The number of rotatable bonds is 4. The molecule has 1 N–H and O–H groups in total. The van der Waals surface area contributed by atoms with E-state index >= 15 is 0 Å². The highest BCUT2D eigenvalue weighted by molar-refractivity contribution is 6.30. The molecule has 1 aromatic carbocycles. The van der Waals surface area contributed by atoms with Crippen molar-refractivity contribution in [3.63, 3.8) is 0 Å². The molecule has 108 valence electrons. The average molecular weight is 294 g/mol. The second kappa shape index (κ2) is 4.71. The minimum Gasteiger partial charge on any atom is -0.316 e. The highest BCUT2D eigenvalue weighted by Gasteiger charge is 2.66. The van der Waals surface area contributed by atoms with E-state index in [2.05, 4.69) is 5.32 Å². The third kappa shape index (κ3) is 1.92. The summed E-state index contributed by atoms with van der Waals surface area (Å²) in [6, 6.07) is 5.30. The lowest BCUT2D eigenvalue weighted by Crippen LogP contribution is -2.32. The first kappa shape index (κ1) is 13.1. The van der Waals surface area contributed by atoms with Crippen molar-refractivity contribution < 1.29 is 4.39 Å². The van der Waals surface area contributed by atoms with E-state index in [4.69, 9.17) is 11.6 Å². The molecule has 0 radical (unpaired) electrons. The highest BCUT2D eigenvalue weighted by Crippen LogP contribution is 2.70. The third-order valence-corrected chi connectivity index (χ3v) is 6.31. The Bertz CT molecular complexity index is 516. The van der Waals surface area contributed by atoms with Gasteiger partial charge in [-0.05, 0) is 86.1 Å². The fourth-order valence-corrected chi connectivity index (χ4v) is 5.49. The molecule has 5 atom stereocenters. The molecule has 0 spiro atoms. The number of fused-ring (bicyclic) bond motifs is 5. The lowest BCUT2D eigenvalue weighted by Gasteiger charge is -2.20. The molecular weight excluding hydrogens is 273 g/mol. The molecule has 4 rings (SSSR count). The van der Waals surface area contributed by atoms with Crippen molar-refractivity contribution in [2.24, 2.45) is 29.6 Å². The summed E-state index contributed by atoms with van der Waals surface area (Å²) >= 11 is 6.00. The smallest absolute Gasteiger partial charge is 0.126 e. The van der Waals surface area contributed by atoms with Gasteiger partial charge in [-0.25, -0.2) is 4.39 Å². The molecule has 3 aliphatic rings. The molecule has 5 unspecified atom stereocenters. The van der Waals surface area contributed by atoms with Gasteiger partial charge in [-0.2, -0.15) is 0 Å². The van der Waals surface area contributed by atoms with Gasteiger partial charge >= 0.3 is 0 Å². The van der Waals surface area contributed by atoms with E-state index in [9.17, 15) is 4.39 Å². The maximum Gasteiger partial charge on any atom is 0.126 e. The maximum atomic E-state index is 13.9. The SMILES string of the molecule is CNC(Cc1cc(Cl)ccc1F)C1C2C3CCC(C3)C21. The first-order chi connectivity index (χ1) is 9.69. The number of nitrogens with one attached hydrogen (secondary N) is 1. The van der Waals surface area contributed by atoms with Crippen LogP contribution >= 0.6 is 11.6 Å². The van der Waals surface area contributed by atoms with Crippen LogP contribution in [0.25, 0.3) is 0 Å². The highest BCUT2D eigenvalue weighted by atomic mass is 35.5. The van der Waals surface area contributed by atoms with Crippen LogP contribution in [0, 0.1) is 35.4 Å². The second-order valence-corrected chi connectivity index (χ2v) is 7.34. The van der Waals surface area contributed by atoms with Gasteiger partial charge in [0.15, 0.2) is 0 Å². The molecule has 3 saturated carbocycles. The minimum atomic E-state index is -0.122. The van der Waals surface area contributed by atoms with Gasteiger partial charge in [-0.3, -0.25) is 0 Å². The van der Waals surface area contributed by atoms with E-state index in [1.165, 1.54) is 25.3 Å². The van der Waals surface area contributed by atoms with Crippen molar-refractivity contribution in [2.75, 3.05) is 7.05 Å². The van der Waals surface area contributed by atoms with Gasteiger partial charge < -0.3 is 5.32 Å². The summed E-state index contributed by atoms with van der Waals surface area (Å²) < 4.78 is 13.9. The molecule has 0 saturated heterocycles. The Balaban J connectivity index is 1.51. The van der Waals surface area contributed by atoms with Gasteiger partial charge in [0, 0.05) is 11.1 Å². The Morgan fingerprint density at radius 3 is 2.65 bits per heavy atom. The van der Waals surface area contributed by atoms with Crippen LogP contribution in [0.4, 0.5) is 4.39 Å². The Morgan fingerprint density at radius 2 is 2.00 bits per heavy atom. The van der Waals surface area contributed by atoms with Gasteiger partial charge in [-0.15, -0.1) is 0 Å². The predicted octanol–water partition coefficient (Wildman–Crippen LogP) is 3.90. The van der Waals surface area contributed by atoms with Crippen molar-refractivity contribution in [3.05, 3.63) is 34.6 Å². The topological polar surface area (TPSA) is 12.0 Å². The molecule has 3 fully saturated rings. The largest absolute Gasteiger partial charge is 0.316 e. The summed E-state index contributed by atoms with van der Waals surface area (Å²) in [7, 11) is 2.02. The van der Waals surface area contributed by atoms with E-state index in [-0.39, 0.29) is 5.82 Å². The fraction of sp³-hybridized carbons (Fsp3) is 0.647. The van der Waals surface area contributed by atoms with E-state index < -0.39 is 0 Å². The second-order valence-electron chi connectivity index (χ2n) is 6.90. The molecule has 2 bridgehead atoms. The van der Waals surface area contributed by atoms with E-state index in [0.29, 0.717) is 11.1 Å². The zero-order chi connectivity index (χ0) is 13.9. The summed E-state index contributed by atoms with van der Waals surface area (Å²) in [5, 5.41) is 4.08. The van der Waals surface area contributed by atoms with Crippen molar-refractivity contribution in [3.8, 4) is 0 Å². The maximum absolute atomic E-state index is 13.9. The van der Waals surface area contributed by atoms with Crippen molar-refractivity contribution in [1.29, 1.82) is 0 Å². The summed E-state index contributed by atoms with van der Waals surface area (Å²) in [6.07, 6.45) is 5.10. The fourth-order valence-electron chi connectivity index (χ4n) is 5.30. The van der Waals surface area contributed by atoms with Crippen molar-refractivity contribution in [1.82, 2.24) is 5.32 Å². The Morgan fingerprint density at radius 1 is 1.30 bits per heavy atom. The Kier molecular flexibility index (Phi) is 3.08. The van der Waals surface area contributed by atoms with Crippen LogP contribution in [0.5, 0.6) is 0 Å². The van der Waals surface area contributed by atoms with Crippen LogP contribution in [-0.2, 0) is 6.42 Å². The minimum absolute atomic E-state index is 0.122. The van der Waals surface area contributed by atoms with Gasteiger partial charge in [0.2, 0.25) is 0 Å². The van der Waals surface area contributed by atoms with Crippen molar-refractivity contribution >= 4 is 11.6 Å². The molecule has 20 heavy (non-hydrogen) atoms. The molecular formula is C17H21ClFN. The Labute approximate surface area is 124 Å². The Hall–Kier alpha value is -0.600. The zero-order valence-electron chi connectivity index (χ0n) is 11.8. The van der Waals surface area contributed by atoms with Crippen molar-refractivity contribution in [2.45, 2.75) is 31.7 Å². The standard InChI is InChI=1S/C17H21ClFN/c1-20-14(8-11-7-12(18)4-5-13(11)19)17-15-9-2-3-10(6-9)16(15)17/h4-5,7,9-10,14-17,20H,2-3,6,8H2,1H3. The predicted molar refractivity (Wildman–Crippen MR) is 79.3 cm³/mol. The third-order valence-electron chi connectivity index (χ3n) is 6.08. The summed E-state index contributed by atoms with van der Waals surface area (Å²) in [6.45, 7) is 0. The molecule has 0 aliphatic heterocycles. The molecule has 0 aromatic heterocycles. The van der Waals surface area contributed by atoms with Crippen LogP contribution in [0.2, 0.25) is 5.02 Å². The van der Waals surface area contributed by atoms with Gasteiger partial charge in [0.25, 0.3) is 0 Å². The molecule has 0 amide bonds.